The number of aliphatic hydroxyl groups is 2. The number of benzene rings is 1. The Labute approximate surface area is 116 Å². The van der Waals surface area contributed by atoms with Crippen molar-refractivity contribution in [3.05, 3.63) is 35.4 Å². The predicted molar refractivity (Wildman–Crippen MR) is 74.7 cm³/mol. The fourth-order valence-corrected chi connectivity index (χ4v) is 2.52. The van der Waals surface area contributed by atoms with E-state index in [1.807, 2.05) is 12.1 Å². The van der Waals surface area contributed by atoms with Gasteiger partial charge >= 0.3 is 0 Å². The van der Waals surface area contributed by atoms with Crippen LogP contribution < -0.4 is 0 Å². The van der Waals surface area contributed by atoms with Gasteiger partial charge in [-0.2, -0.15) is 0 Å². The standard InChI is InChI=1S/C13H17ClO3S/c1-9(15)18-7-6-12(16)13(17)11-5-3-2-4-10(11)8-14/h2-5,12-13,16-17H,6-8H2,1H3. The number of hydrogen-bond donors (Lipinski definition) is 2. The van der Waals surface area contributed by atoms with Gasteiger partial charge in [0, 0.05) is 18.6 Å². The van der Waals surface area contributed by atoms with Gasteiger partial charge < -0.3 is 10.2 Å². The zero-order chi connectivity index (χ0) is 13.5. The van der Waals surface area contributed by atoms with Gasteiger partial charge in [0.05, 0.1) is 6.10 Å². The van der Waals surface area contributed by atoms with Gasteiger partial charge in [-0.25, -0.2) is 0 Å². The van der Waals surface area contributed by atoms with Crippen LogP contribution in [0.4, 0.5) is 0 Å². The summed E-state index contributed by atoms with van der Waals surface area (Å²) >= 11 is 6.93. The number of thioether (sulfide) groups is 1. The summed E-state index contributed by atoms with van der Waals surface area (Å²) in [4.78, 5) is 10.8. The molecule has 2 unspecified atom stereocenters. The highest BCUT2D eigenvalue weighted by Gasteiger charge is 2.20. The molecule has 1 aromatic carbocycles. The maximum Gasteiger partial charge on any atom is 0.185 e. The summed E-state index contributed by atoms with van der Waals surface area (Å²) in [6.45, 7) is 1.48. The lowest BCUT2D eigenvalue weighted by Crippen LogP contribution is -2.20. The van der Waals surface area contributed by atoms with Gasteiger partial charge in [-0.15, -0.1) is 11.6 Å². The lowest BCUT2D eigenvalue weighted by molar-refractivity contribution is -0.109. The highest BCUT2D eigenvalue weighted by Crippen LogP contribution is 2.24. The van der Waals surface area contributed by atoms with Crippen molar-refractivity contribution >= 4 is 28.5 Å². The highest BCUT2D eigenvalue weighted by atomic mass is 35.5. The van der Waals surface area contributed by atoms with Gasteiger partial charge in [-0.3, -0.25) is 4.79 Å². The van der Waals surface area contributed by atoms with Crippen LogP contribution in [0.2, 0.25) is 0 Å². The maximum atomic E-state index is 10.8. The molecule has 0 aliphatic carbocycles. The second-order valence-corrected chi connectivity index (χ2v) is 5.51. The molecule has 1 rings (SSSR count). The number of aliphatic hydroxyl groups excluding tert-OH is 2. The Kier molecular flexibility index (Phi) is 6.71. The monoisotopic (exact) mass is 288 g/mol. The average molecular weight is 289 g/mol. The third kappa shape index (κ3) is 4.61. The first-order chi connectivity index (χ1) is 8.56. The van der Waals surface area contributed by atoms with Crippen LogP contribution in [0.1, 0.15) is 30.6 Å². The molecule has 2 atom stereocenters. The van der Waals surface area contributed by atoms with Crippen molar-refractivity contribution in [2.75, 3.05) is 5.75 Å². The first-order valence-electron chi connectivity index (χ1n) is 5.69. The van der Waals surface area contributed by atoms with E-state index in [4.69, 9.17) is 11.6 Å². The summed E-state index contributed by atoms with van der Waals surface area (Å²) in [5, 5.41) is 20.0. The van der Waals surface area contributed by atoms with Crippen LogP contribution in [0.25, 0.3) is 0 Å². The minimum absolute atomic E-state index is 0.0119. The SMILES string of the molecule is CC(=O)SCCC(O)C(O)c1ccccc1CCl. The molecule has 5 heteroatoms. The summed E-state index contributed by atoms with van der Waals surface area (Å²) in [7, 11) is 0. The van der Waals surface area contributed by atoms with E-state index in [-0.39, 0.29) is 5.12 Å². The molecule has 0 bridgehead atoms. The summed E-state index contributed by atoms with van der Waals surface area (Å²) < 4.78 is 0. The van der Waals surface area contributed by atoms with Gasteiger partial charge in [0.2, 0.25) is 0 Å². The number of alkyl halides is 1. The fourth-order valence-electron chi connectivity index (χ4n) is 1.63. The minimum Gasteiger partial charge on any atom is -0.390 e. The number of carbonyl (C=O) groups is 1. The molecule has 0 aliphatic rings. The second-order valence-electron chi connectivity index (χ2n) is 3.97. The Bertz CT molecular complexity index is 398. The van der Waals surface area contributed by atoms with Crippen molar-refractivity contribution in [2.24, 2.45) is 0 Å². The molecule has 0 radical (unpaired) electrons. The molecule has 18 heavy (non-hydrogen) atoms. The molecule has 0 fully saturated rings. The molecule has 0 saturated heterocycles. The quantitative estimate of drug-likeness (QED) is 0.790. The largest absolute Gasteiger partial charge is 0.390 e. The number of hydrogen-bond acceptors (Lipinski definition) is 4. The van der Waals surface area contributed by atoms with Crippen molar-refractivity contribution in [2.45, 2.75) is 31.4 Å². The highest BCUT2D eigenvalue weighted by molar-refractivity contribution is 8.13. The van der Waals surface area contributed by atoms with Crippen LogP contribution in [0.15, 0.2) is 24.3 Å². The molecule has 0 aliphatic heterocycles. The van der Waals surface area contributed by atoms with Crippen LogP contribution in [-0.4, -0.2) is 27.2 Å². The van der Waals surface area contributed by atoms with Gasteiger partial charge in [0.15, 0.2) is 5.12 Å². The van der Waals surface area contributed by atoms with Crippen molar-refractivity contribution in [1.82, 2.24) is 0 Å². The Balaban J connectivity index is 2.62. The minimum atomic E-state index is -0.965. The van der Waals surface area contributed by atoms with E-state index in [0.717, 1.165) is 17.3 Å². The van der Waals surface area contributed by atoms with E-state index in [1.54, 1.807) is 12.1 Å². The summed E-state index contributed by atoms with van der Waals surface area (Å²) in [6.07, 6.45) is -1.49. The third-order valence-electron chi connectivity index (χ3n) is 2.60. The summed E-state index contributed by atoms with van der Waals surface area (Å²) in [6, 6.07) is 7.21. The molecule has 0 heterocycles. The van der Waals surface area contributed by atoms with Gasteiger partial charge in [-0.1, -0.05) is 36.0 Å². The van der Waals surface area contributed by atoms with E-state index >= 15 is 0 Å². The molecular formula is C13H17ClO3S. The number of halogens is 1. The van der Waals surface area contributed by atoms with Crippen LogP contribution in [0, 0.1) is 0 Å². The lowest BCUT2D eigenvalue weighted by Gasteiger charge is -2.20. The van der Waals surface area contributed by atoms with Crippen LogP contribution in [0.3, 0.4) is 0 Å². The van der Waals surface area contributed by atoms with Crippen LogP contribution in [0.5, 0.6) is 0 Å². The molecule has 2 N–H and O–H groups in total. The third-order valence-corrected chi connectivity index (χ3v) is 3.74. The second kappa shape index (κ2) is 7.79. The van der Waals surface area contributed by atoms with E-state index in [1.165, 1.54) is 6.92 Å². The molecule has 0 amide bonds. The molecule has 0 aromatic heterocycles. The van der Waals surface area contributed by atoms with Crippen LogP contribution in [-0.2, 0) is 10.7 Å². The Morgan fingerprint density at radius 1 is 1.39 bits per heavy atom. The summed E-state index contributed by atoms with van der Waals surface area (Å²) in [5.41, 5.74) is 1.46. The molecule has 0 saturated carbocycles. The Morgan fingerprint density at radius 3 is 2.67 bits per heavy atom. The zero-order valence-electron chi connectivity index (χ0n) is 10.2. The molecule has 100 valence electrons. The first kappa shape index (κ1) is 15.5. The molecular weight excluding hydrogens is 272 g/mol. The molecule has 0 spiro atoms. The smallest absolute Gasteiger partial charge is 0.185 e. The zero-order valence-corrected chi connectivity index (χ0v) is 11.7. The summed E-state index contributed by atoms with van der Waals surface area (Å²) in [5.74, 6) is 0.790. The number of carbonyl (C=O) groups excluding carboxylic acids is 1. The van der Waals surface area contributed by atoms with Gasteiger partial charge in [0.25, 0.3) is 0 Å². The van der Waals surface area contributed by atoms with Crippen molar-refractivity contribution < 1.29 is 15.0 Å². The average Bonchev–Trinajstić information content (AvgIpc) is 2.37. The normalized spacial score (nSPS) is 14.2. The van der Waals surface area contributed by atoms with Crippen molar-refractivity contribution in [3.63, 3.8) is 0 Å². The fraction of sp³-hybridized carbons (Fsp3) is 0.462. The lowest BCUT2D eigenvalue weighted by atomic mass is 9.98. The van der Waals surface area contributed by atoms with E-state index < -0.39 is 12.2 Å². The predicted octanol–water partition coefficient (Wildman–Crippen LogP) is 2.49. The van der Waals surface area contributed by atoms with E-state index in [0.29, 0.717) is 23.6 Å². The maximum absolute atomic E-state index is 10.8. The first-order valence-corrected chi connectivity index (χ1v) is 7.21. The van der Waals surface area contributed by atoms with Gasteiger partial charge in [0.1, 0.15) is 6.10 Å². The van der Waals surface area contributed by atoms with E-state index in [9.17, 15) is 15.0 Å². The Hall–Kier alpha value is -0.550. The molecule has 1 aromatic rings. The van der Waals surface area contributed by atoms with Crippen LogP contribution >= 0.6 is 23.4 Å². The van der Waals surface area contributed by atoms with Crippen molar-refractivity contribution in [3.8, 4) is 0 Å². The van der Waals surface area contributed by atoms with Crippen molar-refractivity contribution in [1.29, 1.82) is 0 Å². The van der Waals surface area contributed by atoms with E-state index in [2.05, 4.69) is 0 Å². The number of rotatable bonds is 6. The molecule has 3 nitrogen and oxygen atoms in total. The topological polar surface area (TPSA) is 57.5 Å². The Morgan fingerprint density at radius 2 is 2.06 bits per heavy atom. The van der Waals surface area contributed by atoms with Gasteiger partial charge in [-0.05, 0) is 17.5 Å².